The van der Waals surface area contributed by atoms with Crippen LogP contribution < -0.4 is 5.32 Å². The number of aryl methyl sites for hydroxylation is 1. The van der Waals surface area contributed by atoms with E-state index in [4.69, 9.17) is 16.1 Å². The molecule has 3 heterocycles. The average Bonchev–Trinajstić information content (AvgIpc) is 3.22. The van der Waals surface area contributed by atoms with Gasteiger partial charge in [-0.15, -0.1) is 0 Å². The molecule has 0 aliphatic carbocycles. The molecule has 0 bridgehead atoms. The molecule has 5 nitrogen and oxygen atoms in total. The van der Waals surface area contributed by atoms with Gasteiger partial charge in [-0.05, 0) is 44.2 Å². The van der Waals surface area contributed by atoms with Crippen molar-refractivity contribution in [2.75, 3.05) is 26.2 Å². The van der Waals surface area contributed by atoms with Crippen molar-refractivity contribution >= 4 is 17.5 Å². The number of piperidine rings is 1. The fraction of sp³-hybridized carbons (Fsp3) is 0.474. The van der Waals surface area contributed by atoms with Gasteiger partial charge in [-0.2, -0.15) is 0 Å². The third-order valence-electron chi connectivity index (χ3n) is 5.65. The molecule has 0 saturated carbocycles. The molecule has 6 heteroatoms. The van der Waals surface area contributed by atoms with E-state index in [1.54, 1.807) is 13.0 Å². The number of benzene rings is 1. The zero-order valence-electron chi connectivity index (χ0n) is 14.3. The normalized spacial score (nSPS) is 19.5. The summed E-state index contributed by atoms with van der Waals surface area (Å²) in [4.78, 5) is 15.1. The Kier molecular flexibility index (Phi) is 4.29. The van der Waals surface area contributed by atoms with Crippen LogP contribution in [0.3, 0.4) is 0 Å². The van der Waals surface area contributed by atoms with Gasteiger partial charge in [-0.25, -0.2) is 0 Å². The number of hydrogen-bond acceptors (Lipinski definition) is 4. The molecular formula is C19H22ClN3O2. The van der Waals surface area contributed by atoms with Crippen LogP contribution in [-0.2, 0) is 0 Å². The van der Waals surface area contributed by atoms with Crippen LogP contribution in [0.15, 0.2) is 28.8 Å². The van der Waals surface area contributed by atoms with Crippen LogP contribution in [0.1, 0.15) is 35.4 Å². The fourth-order valence-electron chi connectivity index (χ4n) is 4.03. The largest absolute Gasteiger partial charge is 0.360 e. The molecule has 4 rings (SSSR count). The van der Waals surface area contributed by atoms with Gasteiger partial charge in [-0.1, -0.05) is 35.0 Å². The van der Waals surface area contributed by atoms with Gasteiger partial charge in [0.1, 0.15) is 17.0 Å². The van der Waals surface area contributed by atoms with E-state index in [0.717, 1.165) is 44.6 Å². The summed E-state index contributed by atoms with van der Waals surface area (Å²) in [5.41, 5.74) is 2.19. The lowest BCUT2D eigenvalue weighted by atomic mass is 9.77. The van der Waals surface area contributed by atoms with E-state index in [-0.39, 0.29) is 5.91 Å². The van der Waals surface area contributed by atoms with Gasteiger partial charge in [0.2, 0.25) is 0 Å². The van der Waals surface area contributed by atoms with Gasteiger partial charge in [0.15, 0.2) is 0 Å². The van der Waals surface area contributed by atoms with Gasteiger partial charge in [0.05, 0.1) is 5.02 Å². The number of amides is 1. The van der Waals surface area contributed by atoms with Gasteiger partial charge in [0, 0.05) is 25.2 Å². The minimum absolute atomic E-state index is 0.00511. The molecular weight excluding hydrogens is 338 g/mol. The molecule has 25 heavy (non-hydrogen) atoms. The fourth-order valence-corrected chi connectivity index (χ4v) is 4.25. The monoisotopic (exact) mass is 359 g/mol. The molecule has 132 valence electrons. The van der Waals surface area contributed by atoms with Gasteiger partial charge < -0.3 is 14.7 Å². The second-order valence-electron chi connectivity index (χ2n) is 7.16. The summed E-state index contributed by atoms with van der Waals surface area (Å²) >= 11 is 6.30. The number of rotatable bonds is 2. The van der Waals surface area contributed by atoms with E-state index >= 15 is 0 Å². The lowest BCUT2D eigenvalue weighted by molar-refractivity contribution is 0.0606. The zero-order chi connectivity index (χ0) is 17.4. The molecule has 0 unspecified atom stereocenters. The highest BCUT2D eigenvalue weighted by Crippen LogP contribution is 2.38. The minimum atomic E-state index is -0.00511. The Hall–Kier alpha value is -1.85. The number of nitrogens with zero attached hydrogens (tertiary/aromatic N) is 2. The van der Waals surface area contributed by atoms with E-state index in [0.29, 0.717) is 27.5 Å². The van der Waals surface area contributed by atoms with E-state index in [1.165, 1.54) is 6.42 Å². The van der Waals surface area contributed by atoms with Crippen molar-refractivity contribution in [3.05, 3.63) is 40.6 Å². The summed E-state index contributed by atoms with van der Waals surface area (Å²) in [5.74, 6) is 0.539. The molecule has 0 radical (unpaired) electrons. The van der Waals surface area contributed by atoms with E-state index in [9.17, 15) is 4.79 Å². The maximum Gasteiger partial charge on any atom is 0.259 e. The molecule has 2 saturated heterocycles. The quantitative estimate of drug-likeness (QED) is 0.891. The average molecular weight is 360 g/mol. The first-order chi connectivity index (χ1) is 12.1. The number of carbonyl (C=O) groups excluding carboxylic acids is 1. The van der Waals surface area contributed by atoms with Crippen molar-refractivity contribution < 1.29 is 9.32 Å². The highest BCUT2D eigenvalue weighted by atomic mass is 35.5. The van der Waals surface area contributed by atoms with Crippen LogP contribution in [0.2, 0.25) is 5.02 Å². The third kappa shape index (κ3) is 2.96. The zero-order valence-corrected chi connectivity index (χ0v) is 15.1. The van der Waals surface area contributed by atoms with Crippen LogP contribution in [-0.4, -0.2) is 42.1 Å². The Balaban J connectivity index is 1.59. The number of likely N-dealkylation sites (tertiary alicyclic amines) is 1. The molecule has 1 aromatic carbocycles. The molecule has 1 N–H and O–H groups in total. The first-order valence-corrected chi connectivity index (χ1v) is 9.19. The molecule has 2 fully saturated rings. The molecule has 2 aliphatic rings. The predicted octanol–water partition coefficient (Wildman–Crippen LogP) is 3.52. The Morgan fingerprint density at radius 2 is 2.04 bits per heavy atom. The molecule has 1 aromatic heterocycles. The lowest BCUT2D eigenvalue weighted by Crippen LogP contribution is -2.44. The molecule has 2 aliphatic heterocycles. The second-order valence-corrected chi connectivity index (χ2v) is 7.57. The summed E-state index contributed by atoms with van der Waals surface area (Å²) in [5, 5.41) is 8.14. The van der Waals surface area contributed by atoms with Crippen LogP contribution in [0, 0.1) is 12.3 Å². The smallest absolute Gasteiger partial charge is 0.259 e. The Morgan fingerprint density at radius 1 is 1.28 bits per heavy atom. The Bertz CT molecular complexity index is 786. The van der Waals surface area contributed by atoms with Crippen LogP contribution >= 0.6 is 11.6 Å². The van der Waals surface area contributed by atoms with E-state index in [1.807, 2.05) is 23.1 Å². The third-order valence-corrected chi connectivity index (χ3v) is 5.98. The topological polar surface area (TPSA) is 58.4 Å². The molecule has 2 aromatic rings. The summed E-state index contributed by atoms with van der Waals surface area (Å²) in [6.07, 6.45) is 3.32. The van der Waals surface area contributed by atoms with Crippen molar-refractivity contribution in [2.24, 2.45) is 5.41 Å². The van der Waals surface area contributed by atoms with Crippen molar-refractivity contribution in [3.63, 3.8) is 0 Å². The van der Waals surface area contributed by atoms with Crippen molar-refractivity contribution in [1.29, 1.82) is 0 Å². The summed E-state index contributed by atoms with van der Waals surface area (Å²) in [6, 6.07) is 7.41. The Morgan fingerprint density at radius 3 is 2.72 bits per heavy atom. The highest BCUT2D eigenvalue weighted by Gasteiger charge is 2.39. The number of carbonyl (C=O) groups is 1. The molecule has 1 spiro atoms. The standard InChI is InChI=1S/C19H22ClN3O2/c1-13-16(17(22-25-13)14-4-2-3-5-15(14)20)18(24)23-10-7-19(8-11-23)6-9-21-12-19/h2-5,21H,6-12H2,1H3. The SMILES string of the molecule is Cc1onc(-c2ccccc2Cl)c1C(=O)N1CCC2(CCNC2)CC1. The first kappa shape index (κ1) is 16.6. The Labute approximate surface area is 152 Å². The van der Waals surface area contributed by atoms with E-state index < -0.39 is 0 Å². The maximum absolute atomic E-state index is 13.2. The van der Waals surface area contributed by atoms with Gasteiger partial charge in [0.25, 0.3) is 5.91 Å². The lowest BCUT2D eigenvalue weighted by Gasteiger charge is -2.38. The van der Waals surface area contributed by atoms with Crippen molar-refractivity contribution in [1.82, 2.24) is 15.4 Å². The summed E-state index contributed by atoms with van der Waals surface area (Å²) in [7, 11) is 0. The first-order valence-electron chi connectivity index (χ1n) is 8.81. The van der Waals surface area contributed by atoms with Gasteiger partial charge >= 0.3 is 0 Å². The number of aromatic nitrogens is 1. The van der Waals surface area contributed by atoms with Crippen molar-refractivity contribution in [3.8, 4) is 11.3 Å². The van der Waals surface area contributed by atoms with Crippen molar-refractivity contribution in [2.45, 2.75) is 26.2 Å². The number of hydrogen-bond donors (Lipinski definition) is 1. The van der Waals surface area contributed by atoms with Crippen LogP contribution in [0.4, 0.5) is 0 Å². The minimum Gasteiger partial charge on any atom is -0.360 e. The number of halogens is 1. The second kappa shape index (κ2) is 6.46. The predicted molar refractivity (Wildman–Crippen MR) is 96.7 cm³/mol. The van der Waals surface area contributed by atoms with Crippen LogP contribution in [0.5, 0.6) is 0 Å². The van der Waals surface area contributed by atoms with E-state index in [2.05, 4.69) is 10.5 Å². The molecule has 1 amide bonds. The van der Waals surface area contributed by atoms with Crippen LogP contribution in [0.25, 0.3) is 11.3 Å². The van der Waals surface area contributed by atoms with Gasteiger partial charge in [-0.3, -0.25) is 4.79 Å². The molecule has 0 atom stereocenters. The summed E-state index contributed by atoms with van der Waals surface area (Å²) < 4.78 is 5.34. The highest BCUT2D eigenvalue weighted by molar-refractivity contribution is 6.33. The summed E-state index contributed by atoms with van der Waals surface area (Å²) in [6.45, 7) is 5.52. The maximum atomic E-state index is 13.2. The number of nitrogens with one attached hydrogen (secondary N) is 1.